The van der Waals surface area contributed by atoms with Gasteiger partial charge in [0, 0.05) is 0 Å². The summed E-state index contributed by atoms with van der Waals surface area (Å²) in [6, 6.07) is 17.6. The van der Waals surface area contributed by atoms with E-state index in [0.717, 1.165) is 5.56 Å². The molecular formula is C16H10N2O. The highest BCUT2D eigenvalue weighted by molar-refractivity contribution is 5.89. The van der Waals surface area contributed by atoms with Crippen LogP contribution in [0, 0.1) is 22.7 Å². The zero-order valence-electron chi connectivity index (χ0n) is 10.0. The normalized spacial score (nSPS) is 10.5. The van der Waals surface area contributed by atoms with Crippen LogP contribution >= 0.6 is 0 Å². The van der Waals surface area contributed by atoms with E-state index in [-0.39, 0.29) is 5.75 Å². The first-order valence-corrected chi connectivity index (χ1v) is 5.64. The molecule has 0 amide bonds. The van der Waals surface area contributed by atoms with E-state index >= 15 is 0 Å². The monoisotopic (exact) mass is 246 g/mol. The van der Waals surface area contributed by atoms with Crippen LogP contribution in [0.4, 0.5) is 0 Å². The Balaban J connectivity index is 2.42. The average molecular weight is 246 g/mol. The van der Waals surface area contributed by atoms with Crippen molar-refractivity contribution in [3.63, 3.8) is 0 Å². The van der Waals surface area contributed by atoms with E-state index in [1.54, 1.807) is 54.6 Å². The van der Waals surface area contributed by atoms with Gasteiger partial charge in [-0.25, -0.2) is 0 Å². The van der Waals surface area contributed by atoms with Gasteiger partial charge >= 0.3 is 0 Å². The van der Waals surface area contributed by atoms with Crippen molar-refractivity contribution in [2.24, 2.45) is 0 Å². The van der Waals surface area contributed by atoms with Gasteiger partial charge in [0.1, 0.15) is 5.75 Å². The molecule has 3 heteroatoms. The Morgan fingerprint density at radius 1 is 1.05 bits per heavy atom. The number of hydrogen-bond donors (Lipinski definition) is 1. The summed E-state index contributed by atoms with van der Waals surface area (Å²) in [5, 5.41) is 27.3. The number of allylic oxidation sites excluding steroid dienone is 1. The second-order valence-electron chi connectivity index (χ2n) is 3.95. The number of phenols is 1. The highest BCUT2D eigenvalue weighted by atomic mass is 16.3. The first-order valence-electron chi connectivity index (χ1n) is 5.64. The molecule has 0 spiro atoms. The zero-order chi connectivity index (χ0) is 13.7. The maximum atomic E-state index is 9.21. The van der Waals surface area contributed by atoms with Gasteiger partial charge in [-0.2, -0.15) is 10.5 Å². The van der Waals surface area contributed by atoms with E-state index in [1.165, 1.54) is 0 Å². The lowest BCUT2D eigenvalue weighted by Crippen LogP contribution is -1.84. The summed E-state index contributed by atoms with van der Waals surface area (Å²) in [6.07, 6.45) is 1.72. The zero-order valence-corrected chi connectivity index (χ0v) is 10.0. The van der Waals surface area contributed by atoms with Crippen molar-refractivity contribution in [1.29, 1.82) is 10.5 Å². The lowest BCUT2D eigenvalue weighted by molar-refractivity contribution is 0.475. The molecule has 2 rings (SSSR count). The van der Waals surface area contributed by atoms with Gasteiger partial charge in [-0.1, -0.05) is 24.3 Å². The molecule has 2 aromatic rings. The fraction of sp³-hybridized carbons (Fsp3) is 0. The van der Waals surface area contributed by atoms with E-state index in [9.17, 15) is 10.4 Å². The Morgan fingerprint density at radius 3 is 2.42 bits per heavy atom. The van der Waals surface area contributed by atoms with Crippen molar-refractivity contribution >= 4 is 11.6 Å². The standard InChI is InChI=1S/C16H10N2O/c17-10-13-2-1-3-14(9-13)15(11-18)8-12-4-6-16(19)7-5-12/h1-9,19H/b15-8-. The van der Waals surface area contributed by atoms with Crippen LogP contribution in [-0.4, -0.2) is 5.11 Å². The van der Waals surface area contributed by atoms with E-state index in [1.807, 2.05) is 6.07 Å². The molecule has 0 aliphatic carbocycles. The maximum absolute atomic E-state index is 9.21. The molecule has 2 aromatic carbocycles. The number of nitriles is 2. The van der Waals surface area contributed by atoms with E-state index in [0.29, 0.717) is 16.7 Å². The van der Waals surface area contributed by atoms with Gasteiger partial charge in [0.15, 0.2) is 0 Å². The molecular weight excluding hydrogens is 236 g/mol. The van der Waals surface area contributed by atoms with Gasteiger partial charge in [0.2, 0.25) is 0 Å². The van der Waals surface area contributed by atoms with Crippen LogP contribution in [0.15, 0.2) is 48.5 Å². The second kappa shape index (κ2) is 5.53. The smallest absolute Gasteiger partial charge is 0.115 e. The fourth-order valence-electron chi connectivity index (χ4n) is 1.67. The minimum absolute atomic E-state index is 0.183. The van der Waals surface area contributed by atoms with Crippen molar-refractivity contribution in [3.8, 4) is 17.9 Å². The van der Waals surface area contributed by atoms with Crippen LogP contribution < -0.4 is 0 Å². The molecule has 0 fully saturated rings. The predicted octanol–water partition coefficient (Wildman–Crippen LogP) is 3.33. The average Bonchev–Trinajstić information content (AvgIpc) is 2.46. The van der Waals surface area contributed by atoms with Crippen LogP contribution in [0.25, 0.3) is 11.6 Å². The Bertz CT molecular complexity index is 701. The Hall–Kier alpha value is -3.04. The van der Waals surface area contributed by atoms with Gasteiger partial charge < -0.3 is 5.11 Å². The highest BCUT2D eigenvalue weighted by Gasteiger charge is 2.02. The van der Waals surface area contributed by atoms with Crippen LogP contribution in [0.1, 0.15) is 16.7 Å². The molecule has 0 bridgehead atoms. The number of rotatable bonds is 2. The van der Waals surface area contributed by atoms with Crippen molar-refractivity contribution in [1.82, 2.24) is 0 Å². The molecule has 0 atom stereocenters. The largest absolute Gasteiger partial charge is 0.508 e. The minimum Gasteiger partial charge on any atom is -0.508 e. The Kier molecular flexibility index (Phi) is 3.61. The third-order valence-electron chi connectivity index (χ3n) is 2.63. The van der Waals surface area contributed by atoms with Gasteiger partial charge in [0.25, 0.3) is 0 Å². The second-order valence-corrected chi connectivity index (χ2v) is 3.95. The predicted molar refractivity (Wildman–Crippen MR) is 72.7 cm³/mol. The van der Waals surface area contributed by atoms with E-state index < -0.39 is 0 Å². The summed E-state index contributed by atoms with van der Waals surface area (Å²) in [6.45, 7) is 0. The first kappa shape index (κ1) is 12.4. The molecule has 0 heterocycles. The lowest BCUT2D eigenvalue weighted by Gasteiger charge is -2.00. The van der Waals surface area contributed by atoms with Crippen molar-refractivity contribution < 1.29 is 5.11 Å². The summed E-state index contributed by atoms with van der Waals surface area (Å²) in [7, 11) is 0. The minimum atomic E-state index is 0.183. The highest BCUT2D eigenvalue weighted by Crippen LogP contribution is 2.20. The number of hydrogen-bond acceptors (Lipinski definition) is 3. The summed E-state index contributed by atoms with van der Waals surface area (Å²) >= 11 is 0. The molecule has 19 heavy (non-hydrogen) atoms. The molecule has 0 aliphatic rings. The Morgan fingerprint density at radius 2 is 1.79 bits per heavy atom. The Labute approximate surface area is 111 Å². The van der Waals surface area contributed by atoms with Crippen LogP contribution in [0.3, 0.4) is 0 Å². The molecule has 3 nitrogen and oxygen atoms in total. The van der Waals surface area contributed by atoms with E-state index in [2.05, 4.69) is 6.07 Å². The van der Waals surface area contributed by atoms with Gasteiger partial charge in [-0.3, -0.25) is 0 Å². The third kappa shape index (κ3) is 3.00. The van der Waals surface area contributed by atoms with Gasteiger partial charge in [-0.15, -0.1) is 0 Å². The number of nitrogens with zero attached hydrogens (tertiary/aromatic N) is 2. The number of phenolic OH excluding ortho intramolecular Hbond substituents is 1. The lowest BCUT2D eigenvalue weighted by atomic mass is 10.0. The molecule has 0 radical (unpaired) electrons. The molecule has 1 N–H and O–H groups in total. The summed E-state index contributed by atoms with van der Waals surface area (Å²) in [5.74, 6) is 0.183. The molecule has 0 saturated heterocycles. The van der Waals surface area contributed by atoms with Crippen molar-refractivity contribution in [2.75, 3.05) is 0 Å². The third-order valence-corrected chi connectivity index (χ3v) is 2.63. The molecule has 0 saturated carbocycles. The summed E-state index contributed by atoms with van der Waals surface area (Å²) < 4.78 is 0. The molecule has 90 valence electrons. The van der Waals surface area contributed by atoms with E-state index in [4.69, 9.17) is 5.26 Å². The van der Waals surface area contributed by atoms with Crippen molar-refractivity contribution in [3.05, 3.63) is 65.2 Å². The molecule has 0 aromatic heterocycles. The number of aromatic hydroxyl groups is 1. The topological polar surface area (TPSA) is 67.8 Å². The van der Waals surface area contributed by atoms with Crippen LogP contribution in [0.5, 0.6) is 5.75 Å². The van der Waals surface area contributed by atoms with Gasteiger partial charge in [0.05, 0.1) is 23.3 Å². The quantitative estimate of drug-likeness (QED) is 0.652. The first-order chi connectivity index (χ1) is 9.22. The number of benzene rings is 2. The maximum Gasteiger partial charge on any atom is 0.115 e. The summed E-state index contributed by atoms with van der Waals surface area (Å²) in [4.78, 5) is 0. The van der Waals surface area contributed by atoms with Crippen LogP contribution in [-0.2, 0) is 0 Å². The van der Waals surface area contributed by atoms with Crippen LogP contribution in [0.2, 0.25) is 0 Å². The van der Waals surface area contributed by atoms with Crippen molar-refractivity contribution in [2.45, 2.75) is 0 Å². The molecule has 0 unspecified atom stereocenters. The summed E-state index contributed by atoms with van der Waals surface area (Å²) in [5.41, 5.74) is 2.51. The van der Waals surface area contributed by atoms with Gasteiger partial charge in [-0.05, 0) is 41.5 Å². The fourth-order valence-corrected chi connectivity index (χ4v) is 1.67. The SMILES string of the molecule is N#C/C(=C/c1ccc(O)cc1)c1cccc(C#N)c1. The molecule has 0 aliphatic heterocycles.